The van der Waals surface area contributed by atoms with Crippen LogP contribution >= 0.6 is 0 Å². The Morgan fingerprint density at radius 2 is 1.50 bits per heavy atom. The predicted octanol–water partition coefficient (Wildman–Crippen LogP) is 1.00. The summed E-state index contributed by atoms with van der Waals surface area (Å²) in [5, 5.41) is 0. The fourth-order valence-electron chi connectivity index (χ4n) is 2.13. The average molecular weight is 248 g/mol. The molecule has 0 fully saturated rings. The first-order valence-electron chi connectivity index (χ1n) is 6.44. The van der Waals surface area contributed by atoms with Crippen LogP contribution in [0.1, 0.15) is 52.4 Å². The first kappa shape index (κ1) is 18.4. The molecule has 0 saturated heterocycles. The van der Waals surface area contributed by atoms with Crippen LogP contribution in [0.5, 0.6) is 0 Å². The first-order chi connectivity index (χ1) is 6.98. The predicted molar refractivity (Wildman–Crippen MR) is 70.0 cm³/mol. The molecular formula is C14H30ClN. The number of hydrogen-bond acceptors (Lipinski definition) is 0. The normalized spacial score (nSPS) is 11.0. The van der Waals surface area contributed by atoms with Crippen LogP contribution in [0.15, 0.2) is 12.2 Å². The van der Waals surface area contributed by atoms with Gasteiger partial charge in [-0.05, 0) is 25.3 Å². The van der Waals surface area contributed by atoms with E-state index in [1.807, 2.05) is 0 Å². The van der Waals surface area contributed by atoms with Crippen molar-refractivity contribution < 1.29 is 16.9 Å². The third-order valence-electron chi connectivity index (χ3n) is 2.81. The molecule has 0 aromatic heterocycles. The van der Waals surface area contributed by atoms with Crippen molar-refractivity contribution in [1.82, 2.24) is 0 Å². The van der Waals surface area contributed by atoms with Gasteiger partial charge in [-0.3, -0.25) is 0 Å². The Morgan fingerprint density at radius 1 is 1.00 bits per heavy atom. The molecular weight excluding hydrogens is 218 g/mol. The molecule has 0 aliphatic carbocycles. The summed E-state index contributed by atoms with van der Waals surface area (Å²) in [5.74, 6) is 0. The maximum absolute atomic E-state index is 3.99. The highest BCUT2D eigenvalue weighted by Gasteiger charge is 2.13. The summed E-state index contributed by atoms with van der Waals surface area (Å²) in [7, 11) is 4.61. The van der Waals surface area contributed by atoms with Crippen LogP contribution in [0.3, 0.4) is 0 Å². The van der Waals surface area contributed by atoms with Gasteiger partial charge < -0.3 is 16.9 Å². The molecule has 0 N–H and O–H groups in total. The van der Waals surface area contributed by atoms with Crippen LogP contribution in [-0.2, 0) is 0 Å². The monoisotopic (exact) mass is 247 g/mol. The Balaban J connectivity index is 0. The zero-order chi connectivity index (χ0) is 11.7. The SMILES string of the molecule is C=C(C)C[N+](C)(C)CCCCCCCC.[Cl-]. The van der Waals surface area contributed by atoms with Crippen LogP contribution in [0, 0.1) is 0 Å². The number of halogens is 1. The number of unbranched alkanes of at least 4 members (excludes halogenated alkanes) is 5. The molecule has 0 amide bonds. The Hall–Kier alpha value is -0.0100. The molecule has 0 unspecified atom stereocenters. The Kier molecular flexibility index (Phi) is 11.7. The summed E-state index contributed by atoms with van der Waals surface area (Å²) in [6.45, 7) is 10.8. The van der Waals surface area contributed by atoms with Gasteiger partial charge in [0, 0.05) is 0 Å². The fraction of sp³-hybridized carbons (Fsp3) is 0.857. The van der Waals surface area contributed by atoms with E-state index in [1.165, 1.54) is 50.6 Å². The third-order valence-corrected chi connectivity index (χ3v) is 2.81. The lowest BCUT2D eigenvalue weighted by Gasteiger charge is -2.30. The molecule has 1 nitrogen and oxygen atoms in total. The molecule has 16 heavy (non-hydrogen) atoms. The van der Waals surface area contributed by atoms with Crippen LogP contribution in [-0.4, -0.2) is 31.7 Å². The van der Waals surface area contributed by atoms with Crippen molar-refractivity contribution in [2.24, 2.45) is 0 Å². The molecule has 0 aromatic carbocycles. The summed E-state index contributed by atoms with van der Waals surface area (Å²) in [5.41, 5.74) is 1.30. The van der Waals surface area contributed by atoms with E-state index < -0.39 is 0 Å². The molecule has 0 heterocycles. The van der Waals surface area contributed by atoms with Crippen LogP contribution in [0.4, 0.5) is 0 Å². The highest BCUT2D eigenvalue weighted by molar-refractivity contribution is 4.87. The third kappa shape index (κ3) is 12.1. The van der Waals surface area contributed by atoms with E-state index in [4.69, 9.17) is 0 Å². The minimum atomic E-state index is 0. The number of quaternary nitrogens is 1. The highest BCUT2D eigenvalue weighted by atomic mass is 35.5. The van der Waals surface area contributed by atoms with Crippen LogP contribution < -0.4 is 12.4 Å². The molecule has 0 radical (unpaired) electrons. The van der Waals surface area contributed by atoms with E-state index in [0.717, 1.165) is 11.0 Å². The lowest BCUT2D eigenvalue weighted by molar-refractivity contribution is -0.885. The summed E-state index contributed by atoms with van der Waals surface area (Å²) < 4.78 is 1.10. The van der Waals surface area contributed by atoms with Crippen LogP contribution in [0.25, 0.3) is 0 Å². The minimum Gasteiger partial charge on any atom is -1.00 e. The standard InChI is InChI=1S/C14H30N.ClH/c1-6-7-8-9-10-11-12-15(4,5)13-14(2)3;/h2,6-13H2,1,3-5H3;1H/q+1;/p-1. The van der Waals surface area contributed by atoms with E-state index in [2.05, 4.69) is 34.5 Å². The average Bonchev–Trinajstić information content (AvgIpc) is 2.08. The zero-order valence-electron chi connectivity index (χ0n) is 11.7. The maximum Gasteiger partial charge on any atom is 0.0993 e. The number of likely N-dealkylation sites (N-methyl/N-ethyl adjacent to an activating group) is 1. The lowest BCUT2D eigenvalue weighted by atomic mass is 10.1. The second-order valence-electron chi connectivity index (χ2n) is 5.54. The molecule has 0 aliphatic heterocycles. The van der Waals surface area contributed by atoms with Crippen molar-refractivity contribution in [3.8, 4) is 0 Å². The molecule has 0 saturated carbocycles. The molecule has 0 bridgehead atoms. The topological polar surface area (TPSA) is 0 Å². The number of nitrogens with zero attached hydrogens (tertiary/aromatic N) is 1. The van der Waals surface area contributed by atoms with Crippen molar-refractivity contribution in [2.45, 2.75) is 52.4 Å². The van der Waals surface area contributed by atoms with Gasteiger partial charge >= 0.3 is 0 Å². The van der Waals surface area contributed by atoms with E-state index in [-0.39, 0.29) is 12.4 Å². The molecule has 0 atom stereocenters. The molecule has 0 spiro atoms. The van der Waals surface area contributed by atoms with Crippen molar-refractivity contribution >= 4 is 0 Å². The van der Waals surface area contributed by atoms with Gasteiger partial charge in [0.25, 0.3) is 0 Å². The lowest BCUT2D eigenvalue weighted by Crippen LogP contribution is -3.00. The second-order valence-corrected chi connectivity index (χ2v) is 5.54. The highest BCUT2D eigenvalue weighted by Crippen LogP contribution is 2.09. The van der Waals surface area contributed by atoms with Gasteiger partial charge in [0.1, 0.15) is 0 Å². The number of hydrogen-bond donors (Lipinski definition) is 0. The Labute approximate surface area is 109 Å². The van der Waals surface area contributed by atoms with E-state index >= 15 is 0 Å². The van der Waals surface area contributed by atoms with Gasteiger partial charge in [0.15, 0.2) is 0 Å². The summed E-state index contributed by atoms with van der Waals surface area (Å²) in [6, 6.07) is 0. The Bertz CT molecular complexity index is 176. The molecule has 0 rings (SSSR count). The largest absolute Gasteiger partial charge is 1.00 e. The summed E-state index contributed by atoms with van der Waals surface area (Å²) in [4.78, 5) is 0. The van der Waals surface area contributed by atoms with E-state index in [1.54, 1.807) is 0 Å². The first-order valence-corrected chi connectivity index (χ1v) is 6.44. The minimum absolute atomic E-state index is 0. The smallest absolute Gasteiger partial charge is 0.0993 e. The molecule has 0 aromatic rings. The molecule has 98 valence electrons. The zero-order valence-corrected chi connectivity index (χ0v) is 12.4. The molecule has 2 heteroatoms. The van der Waals surface area contributed by atoms with Gasteiger partial charge in [-0.15, -0.1) is 0 Å². The van der Waals surface area contributed by atoms with E-state index in [9.17, 15) is 0 Å². The Morgan fingerprint density at radius 3 is 2.00 bits per heavy atom. The summed E-state index contributed by atoms with van der Waals surface area (Å²) >= 11 is 0. The van der Waals surface area contributed by atoms with Crippen molar-refractivity contribution in [3.05, 3.63) is 12.2 Å². The number of rotatable bonds is 9. The summed E-state index contributed by atoms with van der Waals surface area (Å²) in [6.07, 6.45) is 8.36. The van der Waals surface area contributed by atoms with Crippen molar-refractivity contribution in [2.75, 3.05) is 27.2 Å². The second kappa shape index (κ2) is 10.2. The fourth-order valence-corrected chi connectivity index (χ4v) is 2.13. The van der Waals surface area contributed by atoms with Gasteiger partial charge in [0.05, 0.1) is 27.2 Å². The van der Waals surface area contributed by atoms with Crippen molar-refractivity contribution in [3.63, 3.8) is 0 Å². The van der Waals surface area contributed by atoms with Crippen molar-refractivity contribution in [1.29, 1.82) is 0 Å². The van der Waals surface area contributed by atoms with E-state index in [0.29, 0.717) is 0 Å². The van der Waals surface area contributed by atoms with Crippen LogP contribution in [0.2, 0.25) is 0 Å². The quantitative estimate of drug-likeness (QED) is 0.324. The van der Waals surface area contributed by atoms with Gasteiger partial charge in [-0.2, -0.15) is 0 Å². The molecule has 0 aliphatic rings. The van der Waals surface area contributed by atoms with Gasteiger partial charge in [-0.25, -0.2) is 0 Å². The van der Waals surface area contributed by atoms with Gasteiger partial charge in [-0.1, -0.05) is 39.2 Å². The maximum atomic E-state index is 3.99. The van der Waals surface area contributed by atoms with Gasteiger partial charge in [0.2, 0.25) is 0 Å².